The van der Waals surface area contributed by atoms with E-state index in [1.54, 1.807) is 0 Å². The molecular weight excluding hydrogens is 464 g/mol. The van der Waals surface area contributed by atoms with Crippen molar-refractivity contribution < 1.29 is 54.8 Å². The number of hydrogen-bond donors (Lipinski definition) is 7. The lowest BCUT2D eigenvalue weighted by Crippen LogP contribution is -2.65. The van der Waals surface area contributed by atoms with Gasteiger partial charge in [0.25, 0.3) is 0 Å². The van der Waals surface area contributed by atoms with Crippen LogP contribution in [0.25, 0.3) is 10.8 Å². The maximum Gasteiger partial charge on any atom is 0.335 e. The minimum absolute atomic E-state index is 0.0343. The molecule has 1 saturated heterocycles. The van der Waals surface area contributed by atoms with Crippen molar-refractivity contribution in [3.8, 4) is 17.2 Å². The number of aromatic hydroxyl groups is 2. The Morgan fingerprint density at radius 1 is 1.03 bits per heavy atom. The predicted octanol–water partition coefficient (Wildman–Crippen LogP) is 0.952. The SMILES string of the molecule is CC(=O)c1c(C)c(O)c2cc(C(=O)O)cc(O[C@H]3O[C@H](C4(O)CCCC4)[C@@H](O)[C@H](O)[C@H]3O)c2c1O. The lowest BCUT2D eigenvalue weighted by molar-refractivity contribution is -0.303. The average molecular weight is 492 g/mol. The molecule has 0 bridgehead atoms. The maximum absolute atomic E-state index is 12.2. The summed E-state index contributed by atoms with van der Waals surface area (Å²) >= 11 is 0. The highest BCUT2D eigenvalue weighted by Gasteiger charge is 2.54. The van der Waals surface area contributed by atoms with Crippen LogP contribution in [0.2, 0.25) is 0 Å². The summed E-state index contributed by atoms with van der Waals surface area (Å²) in [6.07, 6.45) is -6.32. The van der Waals surface area contributed by atoms with E-state index >= 15 is 0 Å². The van der Waals surface area contributed by atoms with Crippen LogP contribution >= 0.6 is 0 Å². The van der Waals surface area contributed by atoms with Crippen molar-refractivity contribution in [3.05, 3.63) is 28.8 Å². The summed E-state index contributed by atoms with van der Waals surface area (Å²) in [7, 11) is 0. The van der Waals surface area contributed by atoms with E-state index in [-0.39, 0.29) is 46.1 Å². The molecule has 1 aliphatic carbocycles. The molecular formula is C24H28O11. The second-order valence-electron chi connectivity index (χ2n) is 9.28. The van der Waals surface area contributed by atoms with Crippen molar-refractivity contribution in [2.45, 2.75) is 75.8 Å². The number of carboxylic acids is 1. The monoisotopic (exact) mass is 492 g/mol. The largest absolute Gasteiger partial charge is 0.507 e. The second kappa shape index (κ2) is 8.92. The Morgan fingerprint density at radius 2 is 1.66 bits per heavy atom. The van der Waals surface area contributed by atoms with E-state index in [0.717, 1.165) is 12.1 Å². The number of carboxylic acid groups (broad SMARTS) is 1. The Kier molecular flexibility index (Phi) is 6.41. The van der Waals surface area contributed by atoms with E-state index in [1.165, 1.54) is 13.8 Å². The Hall–Kier alpha value is -2.96. The summed E-state index contributed by atoms with van der Waals surface area (Å²) in [5.41, 5.74) is -1.99. The van der Waals surface area contributed by atoms with Gasteiger partial charge in [-0.1, -0.05) is 12.8 Å². The summed E-state index contributed by atoms with van der Waals surface area (Å²) < 4.78 is 11.4. The molecule has 0 aromatic heterocycles. The predicted molar refractivity (Wildman–Crippen MR) is 120 cm³/mol. The zero-order chi connectivity index (χ0) is 25.8. The van der Waals surface area contributed by atoms with Gasteiger partial charge in [0, 0.05) is 10.9 Å². The lowest BCUT2D eigenvalue weighted by atomic mass is 9.85. The molecule has 1 aliphatic heterocycles. The van der Waals surface area contributed by atoms with E-state index < -0.39 is 59.6 Å². The topological polar surface area (TPSA) is 194 Å². The molecule has 4 rings (SSSR count). The van der Waals surface area contributed by atoms with Crippen molar-refractivity contribution in [1.82, 2.24) is 0 Å². The molecule has 0 spiro atoms. The first-order valence-corrected chi connectivity index (χ1v) is 11.2. The standard InChI is InChI=1S/C24H28O11/c1-9-14(10(2)25)17(27)15-12(16(9)26)7-11(22(31)32)8-13(15)34-23-20(30)18(28)19(29)21(35-23)24(33)5-3-4-6-24/h7-8,18-21,23,26-30,33H,3-6H2,1-2H3,(H,31,32)/t18-,19-,20+,21-,23-/m0/s1. The molecule has 0 unspecified atom stereocenters. The van der Waals surface area contributed by atoms with Gasteiger partial charge in [0.05, 0.1) is 22.1 Å². The van der Waals surface area contributed by atoms with Crippen LogP contribution in [-0.4, -0.2) is 83.8 Å². The minimum atomic E-state index is -1.82. The molecule has 190 valence electrons. The van der Waals surface area contributed by atoms with Crippen molar-refractivity contribution in [2.75, 3.05) is 0 Å². The van der Waals surface area contributed by atoms with Gasteiger partial charge in [0.2, 0.25) is 6.29 Å². The zero-order valence-corrected chi connectivity index (χ0v) is 19.1. The van der Waals surface area contributed by atoms with E-state index in [0.29, 0.717) is 12.8 Å². The number of phenols is 2. The van der Waals surface area contributed by atoms with Crippen LogP contribution in [-0.2, 0) is 4.74 Å². The Labute approximate surface area is 199 Å². The molecule has 1 heterocycles. The molecule has 35 heavy (non-hydrogen) atoms. The van der Waals surface area contributed by atoms with Gasteiger partial charge in [-0.05, 0) is 38.8 Å². The highest BCUT2D eigenvalue weighted by Crippen LogP contribution is 2.46. The highest BCUT2D eigenvalue weighted by atomic mass is 16.7. The number of ether oxygens (including phenoxy) is 2. The number of benzene rings is 2. The Balaban J connectivity index is 1.85. The van der Waals surface area contributed by atoms with Crippen molar-refractivity contribution in [1.29, 1.82) is 0 Å². The molecule has 0 radical (unpaired) electrons. The Bertz CT molecular complexity index is 1180. The van der Waals surface area contributed by atoms with E-state index in [9.17, 15) is 45.3 Å². The van der Waals surface area contributed by atoms with Gasteiger partial charge >= 0.3 is 5.97 Å². The number of ketones is 1. The first-order chi connectivity index (χ1) is 16.4. The highest BCUT2D eigenvalue weighted by molar-refractivity contribution is 6.11. The molecule has 7 N–H and O–H groups in total. The molecule has 2 fully saturated rings. The van der Waals surface area contributed by atoms with Crippen LogP contribution in [0.5, 0.6) is 17.2 Å². The first-order valence-electron chi connectivity index (χ1n) is 11.2. The lowest BCUT2D eigenvalue weighted by Gasteiger charge is -2.45. The van der Waals surface area contributed by atoms with Crippen molar-refractivity contribution in [3.63, 3.8) is 0 Å². The number of Topliss-reactive ketones (excluding diaryl/α,β-unsaturated/α-hetero) is 1. The number of aliphatic hydroxyl groups excluding tert-OH is 3. The van der Waals surface area contributed by atoms with Crippen LogP contribution in [0.15, 0.2) is 12.1 Å². The second-order valence-corrected chi connectivity index (χ2v) is 9.28. The maximum atomic E-state index is 12.2. The summed E-state index contributed by atoms with van der Waals surface area (Å²) in [6, 6.07) is 2.10. The summed E-state index contributed by atoms with van der Waals surface area (Å²) in [4.78, 5) is 23.9. The molecule has 2 aromatic carbocycles. The fourth-order valence-electron chi connectivity index (χ4n) is 5.10. The number of aromatic carboxylic acids is 1. The van der Waals surface area contributed by atoms with Gasteiger partial charge in [-0.3, -0.25) is 4.79 Å². The number of carbonyl (C=O) groups excluding carboxylic acids is 1. The summed E-state index contributed by atoms with van der Waals surface area (Å²) in [6.45, 7) is 2.57. The first kappa shape index (κ1) is 25.1. The number of carbonyl (C=O) groups is 2. The fourth-order valence-corrected chi connectivity index (χ4v) is 5.10. The summed E-state index contributed by atoms with van der Waals surface area (Å²) in [5.74, 6) is -3.34. The molecule has 1 saturated carbocycles. The molecule has 5 atom stereocenters. The van der Waals surface area contributed by atoms with Gasteiger partial charge in [-0.2, -0.15) is 0 Å². The zero-order valence-electron chi connectivity index (χ0n) is 19.1. The van der Waals surface area contributed by atoms with Gasteiger partial charge in [0.1, 0.15) is 41.7 Å². The molecule has 11 nitrogen and oxygen atoms in total. The number of phenolic OH excluding ortho intramolecular Hbond substituents is 2. The third kappa shape index (κ3) is 4.09. The van der Waals surface area contributed by atoms with Gasteiger partial charge in [0.15, 0.2) is 5.78 Å². The summed E-state index contributed by atoms with van der Waals surface area (Å²) in [5, 5.41) is 73.2. The van der Waals surface area contributed by atoms with Crippen LogP contribution in [0, 0.1) is 6.92 Å². The van der Waals surface area contributed by atoms with Crippen LogP contribution < -0.4 is 4.74 Å². The van der Waals surface area contributed by atoms with Crippen LogP contribution in [0.4, 0.5) is 0 Å². The minimum Gasteiger partial charge on any atom is -0.507 e. The molecule has 11 heteroatoms. The van der Waals surface area contributed by atoms with Crippen molar-refractivity contribution in [2.24, 2.45) is 0 Å². The third-order valence-corrected chi connectivity index (χ3v) is 6.97. The van der Waals surface area contributed by atoms with Gasteiger partial charge in [-0.15, -0.1) is 0 Å². The Morgan fingerprint density at radius 3 is 2.23 bits per heavy atom. The van der Waals surface area contributed by atoms with Gasteiger partial charge in [-0.25, -0.2) is 4.79 Å². The van der Waals surface area contributed by atoms with Gasteiger partial charge < -0.3 is 45.2 Å². The molecule has 0 amide bonds. The molecule has 2 aliphatic rings. The van der Waals surface area contributed by atoms with E-state index in [2.05, 4.69) is 0 Å². The smallest absolute Gasteiger partial charge is 0.335 e. The van der Waals surface area contributed by atoms with E-state index in [1.807, 2.05) is 0 Å². The quantitative estimate of drug-likeness (QED) is 0.232. The number of hydrogen-bond acceptors (Lipinski definition) is 10. The fraction of sp³-hybridized carbons (Fsp3) is 0.500. The molecule has 2 aromatic rings. The number of fused-ring (bicyclic) bond motifs is 1. The van der Waals surface area contributed by atoms with E-state index in [4.69, 9.17) is 9.47 Å². The normalized spacial score (nSPS) is 28.2. The van der Waals surface area contributed by atoms with Crippen LogP contribution in [0.1, 0.15) is 58.9 Å². The average Bonchev–Trinajstić information content (AvgIpc) is 3.24. The third-order valence-electron chi connectivity index (χ3n) is 6.97. The number of aliphatic hydroxyl groups is 4. The number of rotatable bonds is 5. The van der Waals surface area contributed by atoms with Crippen molar-refractivity contribution >= 4 is 22.5 Å². The van der Waals surface area contributed by atoms with Crippen LogP contribution in [0.3, 0.4) is 0 Å².